The van der Waals surface area contributed by atoms with Crippen LogP contribution in [0.3, 0.4) is 0 Å². The highest BCUT2D eigenvalue weighted by molar-refractivity contribution is 8.16. The molecule has 1 atom stereocenters. The summed E-state index contributed by atoms with van der Waals surface area (Å²) in [5.74, 6) is 0.442. The van der Waals surface area contributed by atoms with Crippen LogP contribution in [0.15, 0.2) is 33.2 Å². The van der Waals surface area contributed by atoms with Crippen molar-refractivity contribution in [3.05, 3.63) is 33.7 Å². The number of amidine groups is 1. The summed E-state index contributed by atoms with van der Waals surface area (Å²) in [6.07, 6.45) is 3.12. The molecular weight excluding hydrogens is 352 g/mol. The summed E-state index contributed by atoms with van der Waals surface area (Å²) in [6, 6.07) is 1.62. The number of fused-ring (bicyclic) bond motifs is 1. The molecule has 0 aliphatic carbocycles. The van der Waals surface area contributed by atoms with Gasteiger partial charge < -0.3 is 15.1 Å². The third kappa shape index (κ3) is 3.48. The quantitative estimate of drug-likeness (QED) is 0.802. The van der Waals surface area contributed by atoms with E-state index in [9.17, 15) is 9.59 Å². The minimum absolute atomic E-state index is 0.0543. The third-order valence-electron chi connectivity index (χ3n) is 4.98. The molecular formula is C17H22N6O2S. The molecule has 138 valence electrons. The Balaban J connectivity index is 1.25. The van der Waals surface area contributed by atoms with Crippen LogP contribution in [0.5, 0.6) is 0 Å². The number of aromatic nitrogens is 2. The maximum atomic E-state index is 12.3. The molecule has 0 bridgehead atoms. The maximum absolute atomic E-state index is 12.3. The Morgan fingerprint density at radius 3 is 3.15 bits per heavy atom. The molecule has 0 radical (unpaired) electrons. The molecule has 1 fully saturated rings. The lowest BCUT2D eigenvalue weighted by atomic mass is 10.1. The number of rotatable bonds is 5. The van der Waals surface area contributed by atoms with Crippen LogP contribution in [0.4, 0.5) is 5.69 Å². The molecule has 0 saturated carbocycles. The molecule has 0 aromatic carbocycles. The molecule has 1 aromatic rings. The van der Waals surface area contributed by atoms with Crippen molar-refractivity contribution in [1.82, 2.24) is 20.0 Å². The van der Waals surface area contributed by atoms with Crippen LogP contribution in [0.25, 0.3) is 0 Å². The molecule has 3 aliphatic rings. The molecule has 4 rings (SSSR count). The average Bonchev–Trinajstić information content (AvgIpc) is 3.34. The number of hydrogen-bond acceptors (Lipinski definition) is 7. The van der Waals surface area contributed by atoms with Gasteiger partial charge in [-0.15, -0.1) is 0 Å². The minimum atomic E-state index is -0.105. The molecule has 3 aliphatic heterocycles. The smallest absolute Gasteiger partial charge is 0.268 e. The Bertz CT molecular complexity index is 833. The van der Waals surface area contributed by atoms with Crippen LogP contribution in [0.1, 0.15) is 12.8 Å². The Kier molecular flexibility index (Phi) is 4.71. The van der Waals surface area contributed by atoms with Crippen molar-refractivity contribution in [2.45, 2.75) is 12.8 Å². The Morgan fingerprint density at radius 2 is 2.31 bits per heavy atom. The fourth-order valence-corrected chi connectivity index (χ4v) is 4.42. The molecule has 1 aromatic heterocycles. The number of thioether (sulfide) groups is 1. The highest BCUT2D eigenvalue weighted by atomic mass is 32.2. The maximum Gasteiger partial charge on any atom is 0.268 e. The Labute approximate surface area is 155 Å². The SMILES string of the molecule is Cn1ncc(N2CCC(CNC(=O)CC3=CSC4=NCCN34)C2)cc1=O. The summed E-state index contributed by atoms with van der Waals surface area (Å²) in [5, 5.41) is 10.2. The van der Waals surface area contributed by atoms with Crippen molar-refractivity contribution in [3.8, 4) is 0 Å². The van der Waals surface area contributed by atoms with Crippen LogP contribution in [0, 0.1) is 5.92 Å². The van der Waals surface area contributed by atoms with Gasteiger partial charge in [0.25, 0.3) is 5.56 Å². The number of anilines is 1. The number of nitrogens with one attached hydrogen (secondary N) is 1. The standard InChI is InChI=1S/C17H22N6O2S/c1-21-16(25)7-13(9-20-21)22-4-2-12(10-22)8-19-15(24)6-14-11-26-17-18-3-5-23(14)17/h7,9,11-12H,2-6,8,10H2,1H3,(H,19,24). The van der Waals surface area contributed by atoms with Gasteiger partial charge >= 0.3 is 0 Å². The van der Waals surface area contributed by atoms with Gasteiger partial charge in [-0.1, -0.05) is 11.8 Å². The first-order valence-electron chi connectivity index (χ1n) is 8.83. The first-order chi connectivity index (χ1) is 12.6. The Hall–Kier alpha value is -2.29. The van der Waals surface area contributed by atoms with Crippen LogP contribution >= 0.6 is 11.8 Å². The third-order valence-corrected chi connectivity index (χ3v) is 5.93. The molecule has 1 amide bonds. The number of carbonyl (C=O) groups excluding carboxylic acids is 1. The average molecular weight is 374 g/mol. The normalized spacial score (nSPS) is 21.7. The van der Waals surface area contributed by atoms with E-state index < -0.39 is 0 Å². The van der Waals surface area contributed by atoms with Gasteiger partial charge in [0.15, 0.2) is 5.17 Å². The molecule has 4 heterocycles. The van der Waals surface area contributed by atoms with Crippen molar-refractivity contribution in [3.63, 3.8) is 0 Å². The lowest BCUT2D eigenvalue weighted by molar-refractivity contribution is -0.120. The predicted molar refractivity (Wildman–Crippen MR) is 102 cm³/mol. The van der Waals surface area contributed by atoms with E-state index in [-0.39, 0.29) is 11.5 Å². The van der Waals surface area contributed by atoms with E-state index in [0.717, 1.165) is 49.2 Å². The van der Waals surface area contributed by atoms with E-state index in [2.05, 4.69) is 25.2 Å². The minimum Gasteiger partial charge on any atom is -0.370 e. The van der Waals surface area contributed by atoms with E-state index in [1.54, 1.807) is 31.1 Å². The summed E-state index contributed by atoms with van der Waals surface area (Å²) in [5.41, 5.74) is 1.80. The van der Waals surface area contributed by atoms with Crippen molar-refractivity contribution in [2.75, 3.05) is 37.6 Å². The summed E-state index contributed by atoms with van der Waals surface area (Å²) in [6.45, 7) is 4.07. The number of nitrogens with zero attached hydrogens (tertiary/aromatic N) is 5. The molecule has 8 nitrogen and oxygen atoms in total. The van der Waals surface area contributed by atoms with Gasteiger partial charge in [0.2, 0.25) is 5.91 Å². The van der Waals surface area contributed by atoms with E-state index in [1.807, 2.05) is 5.41 Å². The van der Waals surface area contributed by atoms with Crippen molar-refractivity contribution in [1.29, 1.82) is 0 Å². The number of aryl methyl sites for hydroxylation is 1. The fraction of sp³-hybridized carbons (Fsp3) is 0.529. The fourth-order valence-electron chi connectivity index (χ4n) is 3.47. The van der Waals surface area contributed by atoms with Crippen molar-refractivity contribution >= 4 is 28.5 Å². The first kappa shape index (κ1) is 17.1. The summed E-state index contributed by atoms with van der Waals surface area (Å²) in [4.78, 5) is 32.7. The van der Waals surface area contributed by atoms with Crippen LogP contribution < -0.4 is 15.8 Å². The Morgan fingerprint density at radius 1 is 1.42 bits per heavy atom. The molecule has 1 unspecified atom stereocenters. The first-order valence-corrected chi connectivity index (χ1v) is 9.71. The zero-order valence-corrected chi connectivity index (χ0v) is 15.5. The molecule has 9 heteroatoms. The highest BCUT2D eigenvalue weighted by Crippen LogP contribution is 2.30. The second kappa shape index (κ2) is 7.14. The topological polar surface area (TPSA) is 82.8 Å². The van der Waals surface area contributed by atoms with Gasteiger partial charge in [-0.2, -0.15) is 5.10 Å². The van der Waals surface area contributed by atoms with Gasteiger partial charge in [-0.25, -0.2) is 4.68 Å². The molecule has 26 heavy (non-hydrogen) atoms. The predicted octanol–water partition coefficient (Wildman–Crippen LogP) is 0.373. The lowest BCUT2D eigenvalue weighted by Crippen LogP contribution is -2.33. The van der Waals surface area contributed by atoms with E-state index >= 15 is 0 Å². The largest absolute Gasteiger partial charge is 0.370 e. The zero-order chi connectivity index (χ0) is 18.1. The molecule has 1 N–H and O–H groups in total. The second-order valence-electron chi connectivity index (χ2n) is 6.80. The molecule has 1 saturated heterocycles. The number of aliphatic imine (C=N–C) groups is 1. The van der Waals surface area contributed by atoms with Gasteiger partial charge in [0, 0.05) is 45.0 Å². The zero-order valence-electron chi connectivity index (χ0n) is 14.7. The van der Waals surface area contributed by atoms with Crippen molar-refractivity contribution in [2.24, 2.45) is 18.0 Å². The van der Waals surface area contributed by atoms with E-state index in [1.165, 1.54) is 4.68 Å². The number of amides is 1. The van der Waals surface area contributed by atoms with Crippen LogP contribution in [-0.2, 0) is 11.8 Å². The monoisotopic (exact) mass is 374 g/mol. The van der Waals surface area contributed by atoms with Crippen molar-refractivity contribution < 1.29 is 4.79 Å². The summed E-state index contributed by atoms with van der Waals surface area (Å²) >= 11 is 1.60. The van der Waals surface area contributed by atoms with Gasteiger partial charge in [0.1, 0.15) is 0 Å². The van der Waals surface area contributed by atoms with Crippen LogP contribution in [0.2, 0.25) is 0 Å². The van der Waals surface area contributed by atoms with Crippen LogP contribution in [-0.4, -0.2) is 58.5 Å². The van der Waals surface area contributed by atoms with Gasteiger partial charge in [-0.05, 0) is 17.7 Å². The van der Waals surface area contributed by atoms with Gasteiger partial charge in [-0.3, -0.25) is 14.6 Å². The number of carbonyl (C=O) groups is 1. The lowest BCUT2D eigenvalue weighted by Gasteiger charge is -2.19. The van der Waals surface area contributed by atoms with E-state index in [4.69, 9.17) is 0 Å². The van der Waals surface area contributed by atoms with E-state index in [0.29, 0.717) is 18.9 Å². The highest BCUT2D eigenvalue weighted by Gasteiger charge is 2.28. The summed E-state index contributed by atoms with van der Waals surface area (Å²) in [7, 11) is 1.64. The summed E-state index contributed by atoms with van der Waals surface area (Å²) < 4.78 is 1.32. The second-order valence-corrected chi connectivity index (χ2v) is 7.64. The molecule has 0 spiro atoms. The van der Waals surface area contributed by atoms with Gasteiger partial charge in [0.05, 0.1) is 24.8 Å². The number of hydrogen-bond donors (Lipinski definition) is 1.